The van der Waals surface area contributed by atoms with Crippen LogP contribution in [0.3, 0.4) is 0 Å². The minimum atomic E-state index is -1.26. The monoisotopic (exact) mass is 336 g/mol. The van der Waals surface area contributed by atoms with Crippen molar-refractivity contribution in [2.24, 2.45) is 0 Å². The fourth-order valence-corrected chi connectivity index (χ4v) is 1.98. The van der Waals surface area contributed by atoms with Gasteiger partial charge in [0.1, 0.15) is 0 Å². The Bertz CT molecular complexity index is 263. The average molecular weight is 336 g/mol. The zero-order chi connectivity index (χ0) is 17.1. The van der Waals surface area contributed by atoms with Crippen LogP contribution < -0.4 is 29.6 Å². The van der Waals surface area contributed by atoms with Crippen LogP contribution >= 0.6 is 0 Å². The molecule has 0 bridgehead atoms. The smallest absolute Gasteiger partial charge is 0.478 e. The predicted octanol–water partition coefficient (Wildman–Crippen LogP) is 2.24. The van der Waals surface area contributed by atoms with Crippen LogP contribution in [0.4, 0.5) is 0 Å². The summed E-state index contributed by atoms with van der Waals surface area (Å²) in [6, 6.07) is 0. The van der Waals surface area contributed by atoms with E-state index in [-0.39, 0.29) is 29.6 Å². The maximum absolute atomic E-state index is 9.55. The van der Waals surface area contributed by atoms with Gasteiger partial charge in [0.15, 0.2) is 0 Å². The first-order chi connectivity index (χ1) is 10.5. The van der Waals surface area contributed by atoms with Gasteiger partial charge in [-0.1, -0.05) is 77.6 Å². The van der Waals surface area contributed by atoms with Crippen LogP contribution in [0.25, 0.3) is 0 Å². The molecule has 0 fully saturated rings. The van der Waals surface area contributed by atoms with E-state index in [0.717, 1.165) is 6.42 Å². The fourth-order valence-electron chi connectivity index (χ4n) is 1.98. The normalized spacial score (nSPS) is 9.83. The molecule has 0 saturated heterocycles. The van der Waals surface area contributed by atoms with Gasteiger partial charge in [0.25, 0.3) is 0 Å². The quantitative estimate of drug-likeness (QED) is 0.234. The van der Waals surface area contributed by atoms with Crippen LogP contribution in [-0.4, -0.2) is 22.2 Å². The van der Waals surface area contributed by atoms with E-state index in [1.807, 2.05) is 0 Å². The summed E-state index contributed by atoms with van der Waals surface area (Å²) in [5, 5.41) is 15.6. The first-order valence-electron chi connectivity index (χ1n) is 8.47. The van der Waals surface area contributed by atoms with Crippen LogP contribution in [0.5, 0.6) is 0 Å². The molecule has 130 valence electrons. The van der Waals surface area contributed by atoms with E-state index in [9.17, 15) is 9.59 Å². The summed E-state index contributed by atoms with van der Waals surface area (Å²) in [4.78, 5) is 19.1. The Hall–Kier alpha value is -0.320. The summed E-state index contributed by atoms with van der Waals surface area (Å²) in [5.41, 5.74) is 0. The van der Waals surface area contributed by atoms with Crippen LogP contribution in [0.2, 0.25) is 0 Å². The van der Waals surface area contributed by atoms with Crippen molar-refractivity contribution in [3.05, 3.63) is 19.1 Å². The van der Waals surface area contributed by atoms with E-state index in [1.165, 1.54) is 70.6 Å². The minimum absolute atomic E-state index is 0. The molecule has 0 aromatic rings. The van der Waals surface area contributed by atoms with Gasteiger partial charge in [-0.2, -0.15) is 6.42 Å². The van der Waals surface area contributed by atoms with Crippen LogP contribution in [0.15, 0.2) is 12.2 Å². The van der Waals surface area contributed by atoms with Crippen molar-refractivity contribution in [2.45, 2.75) is 84.0 Å². The molecule has 0 amide bonds. The van der Waals surface area contributed by atoms with E-state index >= 15 is 0 Å². The maximum atomic E-state index is 9.55. The molecule has 23 heavy (non-hydrogen) atoms. The third-order valence-electron chi connectivity index (χ3n) is 3.22. The summed E-state index contributed by atoms with van der Waals surface area (Å²) in [7, 11) is 0. The van der Waals surface area contributed by atoms with Gasteiger partial charge in [-0.05, 0) is 0 Å². The van der Waals surface area contributed by atoms with Crippen molar-refractivity contribution in [3.8, 4) is 0 Å². The zero-order valence-electron chi connectivity index (χ0n) is 15.1. The Morgan fingerprint density at radius 3 is 1.30 bits per heavy atom. The third kappa shape index (κ3) is 34.2. The van der Waals surface area contributed by atoms with Gasteiger partial charge in [0.05, 0.1) is 0 Å². The molecule has 0 aliphatic heterocycles. The van der Waals surface area contributed by atoms with E-state index in [2.05, 4.69) is 13.8 Å². The Morgan fingerprint density at radius 2 is 1.04 bits per heavy atom. The molecule has 5 heteroatoms. The molecule has 0 aliphatic rings. The first-order valence-corrected chi connectivity index (χ1v) is 8.47. The molecule has 0 atom stereocenters. The van der Waals surface area contributed by atoms with Crippen LogP contribution in [0.1, 0.15) is 84.0 Å². The predicted molar refractivity (Wildman–Crippen MR) is 90.8 cm³/mol. The number of aliphatic carboxylic acids is 2. The molecule has 0 aromatic heterocycles. The van der Waals surface area contributed by atoms with Crippen molar-refractivity contribution in [1.29, 1.82) is 0 Å². The number of rotatable bonds is 13. The number of carbonyl (C=O) groups is 2. The molecule has 0 rings (SSSR count). The Labute approximate surface area is 164 Å². The summed E-state index contributed by atoms with van der Waals surface area (Å²) in [6.07, 6.45) is 18.0. The molecule has 0 unspecified atom stereocenters. The Balaban J connectivity index is -0.000000382. The SMILES string of the molecule is O=C(O)/C=C\C(=O)O.[CH2-]CCCCCCCCCCCCC.[Na+]. The molecule has 0 saturated carbocycles. The van der Waals surface area contributed by atoms with E-state index in [0.29, 0.717) is 12.2 Å². The van der Waals surface area contributed by atoms with Crippen molar-refractivity contribution in [2.75, 3.05) is 0 Å². The average Bonchev–Trinajstić information content (AvgIpc) is 2.48. The van der Waals surface area contributed by atoms with Gasteiger partial charge in [-0.3, -0.25) is 0 Å². The van der Waals surface area contributed by atoms with E-state index < -0.39 is 11.9 Å². The van der Waals surface area contributed by atoms with Crippen molar-refractivity contribution >= 4 is 11.9 Å². The molecule has 0 aliphatic carbocycles. The van der Waals surface area contributed by atoms with Gasteiger partial charge in [0.2, 0.25) is 0 Å². The molecule has 0 aromatic carbocycles. The standard InChI is InChI=1S/C14H29.C4H4O4.Na/c1-3-5-7-9-11-13-14-12-10-8-6-4-2;5-3(6)1-2-4(7)8;/h1,3-14H2,2H3;1-2H,(H,5,6)(H,7,8);/q-1;;+1/b;2-1-;. The molecule has 0 radical (unpaired) electrons. The minimum Gasteiger partial charge on any atom is -0.478 e. The zero-order valence-corrected chi connectivity index (χ0v) is 17.1. The van der Waals surface area contributed by atoms with Crippen LogP contribution in [-0.2, 0) is 9.59 Å². The number of carboxylic acids is 2. The van der Waals surface area contributed by atoms with E-state index in [1.54, 1.807) is 0 Å². The maximum Gasteiger partial charge on any atom is 1.00 e. The summed E-state index contributed by atoms with van der Waals surface area (Å²) < 4.78 is 0. The molecule has 0 heterocycles. The summed E-state index contributed by atoms with van der Waals surface area (Å²) in [6.45, 7) is 6.14. The molecule has 0 spiro atoms. The van der Waals surface area contributed by atoms with Crippen molar-refractivity contribution < 1.29 is 49.4 Å². The van der Waals surface area contributed by atoms with Gasteiger partial charge < -0.3 is 17.1 Å². The Kier molecular flexibility index (Phi) is 28.6. The van der Waals surface area contributed by atoms with Gasteiger partial charge in [0, 0.05) is 12.2 Å². The molecule has 2 N–H and O–H groups in total. The van der Waals surface area contributed by atoms with Crippen LogP contribution in [0, 0.1) is 6.92 Å². The second kappa shape index (κ2) is 23.9. The first kappa shape index (κ1) is 27.5. The molecular formula is C18H33NaO4. The number of hydrogen-bond acceptors (Lipinski definition) is 2. The van der Waals surface area contributed by atoms with E-state index in [4.69, 9.17) is 10.2 Å². The number of unbranched alkanes of at least 4 members (excludes halogenated alkanes) is 11. The summed E-state index contributed by atoms with van der Waals surface area (Å²) >= 11 is 0. The van der Waals surface area contributed by atoms with Gasteiger partial charge >= 0.3 is 41.5 Å². The third-order valence-corrected chi connectivity index (χ3v) is 3.22. The topological polar surface area (TPSA) is 74.6 Å². The molecule has 4 nitrogen and oxygen atoms in total. The second-order valence-corrected chi connectivity index (χ2v) is 5.40. The van der Waals surface area contributed by atoms with Crippen molar-refractivity contribution in [1.82, 2.24) is 0 Å². The number of hydrogen-bond donors (Lipinski definition) is 2. The van der Waals surface area contributed by atoms with Crippen molar-refractivity contribution in [3.63, 3.8) is 0 Å². The molecular weight excluding hydrogens is 303 g/mol. The largest absolute Gasteiger partial charge is 1.00 e. The Morgan fingerprint density at radius 1 is 0.739 bits per heavy atom. The second-order valence-electron chi connectivity index (χ2n) is 5.40. The summed E-state index contributed by atoms with van der Waals surface area (Å²) in [5.74, 6) is -2.51. The number of carboxylic acid groups (broad SMARTS) is 2. The fraction of sp³-hybridized carbons (Fsp3) is 0.722. The van der Waals surface area contributed by atoms with Gasteiger partial charge in [-0.15, -0.1) is 0 Å². The van der Waals surface area contributed by atoms with Gasteiger partial charge in [-0.25, -0.2) is 9.59 Å².